The first-order valence-electron chi connectivity index (χ1n) is 10.4. The number of thiocarbonyl (C=S) groups is 1. The Hall–Kier alpha value is -3.05. The van der Waals surface area contributed by atoms with Crippen molar-refractivity contribution >= 4 is 28.7 Å². The minimum atomic E-state index is 0.672. The number of para-hydroxylation sites is 3. The molecule has 0 aliphatic carbocycles. The number of nitrogens with one attached hydrogen (secondary N) is 1. The molecule has 0 atom stereocenters. The van der Waals surface area contributed by atoms with Crippen LogP contribution in [0.3, 0.4) is 0 Å². The molecule has 4 rings (SSSR count). The highest BCUT2D eigenvalue weighted by atomic mass is 32.1. The maximum absolute atomic E-state index is 5.81. The molecule has 0 amide bonds. The summed E-state index contributed by atoms with van der Waals surface area (Å²) in [5.41, 5.74) is 4.54. The number of ether oxygens (including phenoxy) is 1. The fourth-order valence-electron chi connectivity index (χ4n) is 3.80. The van der Waals surface area contributed by atoms with Crippen LogP contribution in [0.2, 0.25) is 0 Å². The van der Waals surface area contributed by atoms with Gasteiger partial charge < -0.3 is 19.9 Å². The highest BCUT2D eigenvalue weighted by Crippen LogP contribution is 2.30. The fourth-order valence-corrected chi connectivity index (χ4v) is 4.09. The standard InChI is InChI=1S/C25H27N3OS/c1-2-29-24-15-9-8-14-23(24)27-16-18-28(19-17-27)25(30)26-22-13-7-6-12-21(22)20-10-4-3-5-11-20/h3-15H,2,16-19H2,1H3,(H,26,30). The zero-order chi connectivity index (χ0) is 20.8. The molecule has 0 spiro atoms. The number of hydrogen-bond acceptors (Lipinski definition) is 3. The van der Waals surface area contributed by atoms with E-state index in [1.807, 2.05) is 31.2 Å². The van der Waals surface area contributed by atoms with Crippen molar-refractivity contribution in [1.82, 2.24) is 4.90 Å². The number of piperazine rings is 1. The van der Waals surface area contributed by atoms with E-state index in [0.717, 1.165) is 54.0 Å². The van der Waals surface area contributed by atoms with Crippen LogP contribution in [0.1, 0.15) is 6.92 Å². The van der Waals surface area contributed by atoms with Crippen LogP contribution in [-0.4, -0.2) is 42.8 Å². The molecule has 4 nitrogen and oxygen atoms in total. The predicted molar refractivity (Wildman–Crippen MR) is 129 cm³/mol. The molecule has 0 bridgehead atoms. The van der Waals surface area contributed by atoms with E-state index in [2.05, 4.69) is 69.7 Å². The summed E-state index contributed by atoms with van der Waals surface area (Å²) in [6.07, 6.45) is 0. The maximum Gasteiger partial charge on any atom is 0.173 e. The summed E-state index contributed by atoms with van der Waals surface area (Å²) in [4.78, 5) is 4.62. The van der Waals surface area contributed by atoms with Gasteiger partial charge in [0, 0.05) is 37.4 Å². The van der Waals surface area contributed by atoms with Crippen LogP contribution in [-0.2, 0) is 0 Å². The lowest BCUT2D eigenvalue weighted by molar-refractivity contribution is 0.336. The molecule has 154 valence electrons. The lowest BCUT2D eigenvalue weighted by atomic mass is 10.0. The number of rotatable bonds is 5. The lowest BCUT2D eigenvalue weighted by Crippen LogP contribution is -2.50. The molecule has 1 N–H and O–H groups in total. The number of hydrogen-bond donors (Lipinski definition) is 1. The molecular weight excluding hydrogens is 390 g/mol. The third kappa shape index (κ3) is 4.57. The second kappa shape index (κ2) is 9.63. The summed E-state index contributed by atoms with van der Waals surface area (Å²) in [6.45, 7) is 6.26. The first kappa shape index (κ1) is 20.2. The largest absolute Gasteiger partial charge is 0.492 e. The van der Waals surface area contributed by atoms with Crippen LogP contribution in [0.15, 0.2) is 78.9 Å². The van der Waals surface area contributed by atoms with Crippen molar-refractivity contribution in [3.8, 4) is 16.9 Å². The Labute approximate surface area is 184 Å². The lowest BCUT2D eigenvalue weighted by Gasteiger charge is -2.38. The molecule has 1 aliphatic heterocycles. The van der Waals surface area contributed by atoms with Gasteiger partial charge in [0.25, 0.3) is 0 Å². The van der Waals surface area contributed by atoms with E-state index >= 15 is 0 Å². The molecule has 1 heterocycles. The number of nitrogens with zero attached hydrogens (tertiary/aromatic N) is 2. The van der Waals surface area contributed by atoms with Gasteiger partial charge in [-0.3, -0.25) is 0 Å². The van der Waals surface area contributed by atoms with E-state index in [0.29, 0.717) is 6.61 Å². The predicted octanol–water partition coefficient (Wildman–Crippen LogP) is 5.27. The van der Waals surface area contributed by atoms with Gasteiger partial charge in [-0.15, -0.1) is 0 Å². The molecule has 1 aliphatic rings. The molecule has 0 radical (unpaired) electrons. The fraction of sp³-hybridized carbons (Fsp3) is 0.240. The molecule has 3 aromatic carbocycles. The first-order chi connectivity index (χ1) is 14.8. The van der Waals surface area contributed by atoms with Crippen molar-refractivity contribution < 1.29 is 4.74 Å². The zero-order valence-corrected chi connectivity index (χ0v) is 18.1. The van der Waals surface area contributed by atoms with E-state index in [1.165, 1.54) is 5.56 Å². The highest BCUT2D eigenvalue weighted by Gasteiger charge is 2.21. The summed E-state index contributed by atoms with van der Waals surface area (Å²) in [6, 6.07) is 27.0. The third-order valence-corrected chi connectivity index (χ3v) is 5.69. The molecule has 1 saturated heterocycles. The monoisotopic (exact) mass is 417 g/mol. The summed E-state index contributed by atoms with van der Waals surface area (Å²) in [7, 11) is 0. The van der Waals surface area contributed by atoms with E-state index in [4.69, 9.17) is 17.0 Å². The third-order valence-electron chi connectivity index (χ3n) is 5.33. The molecule has 5 heteroatoms. The Morgan fingerprint density at radius 1 is 0.867 bits per heavy atom. The highest BCUT2D eigenvalue weighted by molar-refractivity contribution is 7.80. The number of anilines is 2. The smallest absolute Gasteiger partial charge is 0.173 e. The van der Waals surface area contributed by atoms with Gasteiger partial charge in [0.05, 0.1) is 12.3 Å². The molecule has 0 aromatic heterocycles. The SMILES string of the molecule is CCOc1ccccc1N1CCN(C(=S)Nc2ccccc2-c2ccccc2)CC1. The van der Waals surface area contributed by atoms with Crippen LogP contribution in [0.4, 0.5) is 11.4 Å². The van der Waals surface area contributed by atoms with Crippen molar-refractivity contribution in [2.45, 2.75) is 6.92 Å². The van der Waals surface area contributed by atoms with Gasteiger partial charge in [0.2, 0.25) is 0 Å². The van der Waals surface area contributed by atoms with Crippen LogP contribution in [0.25, 0.3) is 11.1 Å². The summed E-state index contributed by atoms with van der Waals surface area (Å²) >= 11 is 5.76. The van der Waals surface area contributed by atoms with Gasteiger partial charge in [-0.2, -0.15) is 0 Å². The normalized spacial score (nSPS) is 13.8. The Morgan fingerprint density at radius 2 is 1.53 bits per heavy atom. The first-order valence-corrected chi connectivity index (χ1v) is 10.8. The van der Waals surface area contributed by atoms with Gasteiger partial charge in [-0.1, -0.05) is 60.7 Å². The van der Waals surface area contributed by atoms with Gasteiger partial charge in [0.1, 0.15) is 5.75 Å². The van der Waals surface area contributed by atoms with Crippen LogP contribution in [0, 0.1) is 0 Å². The minimum absolute atomic E-state index is 0.672. The maximum atomic E-state index is 5.81. The Balaban J connectivity index is 1.42. The number of benzene rings is 3. The van der Waals surface area contributed by atoms with Gasteiger partial charge in [0.15, 0.2) is 5.11 Å². The Kier molecular flexibility index (Phi) is 6.50. The summed E-state index contributed by atoms with van der Waals surface area (Å²) in [5, 5.41) is 4.25. The second-order valence-electron chi connectivity index (χ2n) is 7.22. The average Bonchev–Trinajstić information content (AvgIpc) is 2.81. The van der Waals surface area contributed by atoms with E-state index in [-0.39, 0.29) is 0 Å². The van der Waals surface area contributed by atoms with E-state index in [1.54, 1.807) is 0 Å². The van der Waals surface area contributed by atoms with Gasteiger partial charge in [-0.05, 0) is 42.9 Å². The van der Waals surface area contributed by atoms with E-state index in [9.17, 15) is 0 Å². The topological polar surface area (TPSA) is 27.7 Å². The molecule has 0 unspecified atom stereocenters. The molecule has 3 aromatic rings. The molecular formula is C25H27N3OS. The summed E-state index contributed by atoms with van der Waals surface area (Å²) in [5.74, 6) is 0.950. The molecule has 0 saturated carbocycles. The van der Waals surface area contributed by atoms with Crippen molar-refractivity contribution in [2.75, 3.05) is 43.0 Å². The van der Waals surface area contributed by atoms with Crippen molar-refractivity contribution in [3.63, 3.8) is 0 Å². The second-order valence-corrected chi connectivity index (χ2v) is 7.60. The molecule has 1 fully saturated rings. The molecule has 30 heavy (non-hydrogen) atoms. The van der Waals surface area contributed by atoms with Crippen LogP contribution < -0.4 is 15.0 Å². The Morgan fingerprint density at radius 3 is 2.30 bits per heavy atom. The van der Waals surface area contributed by atoms with Gasteiger partial charge in [-0.25, -0.2) is 0 Å². The van der Waals surface area contributed by atoms with Crippen LogP contribution >= 0.6 is 12.2 Å². The quantitative estimate of drug-likeness (QED) is 0.571. The van der Waals surface area contributed by atoms with Crippen LogP contribution in [0.5, 0.6) is 5.75 Å². The average molecular weight is 418 g/mol. The van der Waals surface area contributed by atoms with Gasteiger partial charge >= 0.3 is 0 Å². The minimum Gasteiger partial charge on any atom is -0.492 e. The summed E-state index contributed by atoms with van der Waals surface area (Å²) < 4.78 is 5.81. The Bertz CT molecular complexity index is 984. The zero-order valence-electron chi connectivity index (χ0n) is 17.3. The van der Waals surface area contributed by atoms with E-state index < -0.39 is 0 Å². The van der Waals surface area contributed by atoms with Crippen molar-refractivity contribution in [1.29, 1.82) is 0 Å². The van der Waals surface area contributed by atoms with Crippen molar-refractivity contribution in [3.05, 3.63) is 78.9 Å². The van der Waals surface area contributed by atoms with Crippen molar-refractivity contribution in [2.24, 2.45) is 0 Å².